The highest BCUT2D eigenvalue weighted by molar-refractivity contribution is 6.31. The molecule has 2 aliphatic heterocycles. The number of methoxy groups -OCH3 is 3. The Bertz CT molecular complexity index is 1010. The van der Waals surface area contributed by atoms with Crippen LogP contribution in [0.3, 0.4) is 0 Å². The fourth-order valence-electron chi connectivity index (χ4n) is 4.16. The Kier molecular flexibility index (Phi) is 5.58. The van der Waals surface area contributed by atoms with Crippen LogP contribution >= 0.6 is 11.6 Å². The molecule has 4 rings (SSSR count). The van der Waals surface area contributed by atoms with Crippen molar-refractivity contribution in [2.24, 2.45) is 0 Å². The summed E-state index contributed by atoms with van der Waals surface area (Å²) in [6, 6.07) is 8.30. The first-order chi connectivity index (χ1) is 14.5. The van der Waals surface area contributed by atoms with Crippen molar-refractivity contribution in [1.82, 2.24) is 4.90 Å². The smallest absolute Gasteiger partial charge is 0.251 e. The highest BCUT2D eigenvalue weighted by Gasteiger charge is 2.44. The standard InChI is InChI=1S/C22H23ClN2O5/c1-28-18-5-4-15(23)10-16(18)25-21(26)11-17(22(25)27)24-7-6-13-8-19(29-2)20(30-3)9-14(13)12-24/h4-5,8-10,17H,6-7,11-12H2,1-3H3. The summed E-state index contributed by atoms with van der Waals surface area (Å²) in [5.74, 6) is 1.25. The summed E-state index contributed by atoms with van der Waals surface area (Å²) in [7, 11) is 4.71. The van der Waals surface area contributed by atoms with Gasteiger partial charge >= 0.3 is 0 Å². The lowest BCUT2D eigenvalue weighted by Crippen LogP contribution is -2.44. The number of anilines is 1. The minimum atomic E-state index is -0.526. The van der Waals surface area contributed by atoms with Crippen molar-refractivity contribution in [2.75, 3.05) is 32.8 Å². The number of halogens is 1. The predicted octanol–water partition coefficient (Wildman–Crippen LogP) is 3.06. The number of nitrogens with zero attached hydrogens (tertiary/aromatic N) is 2. The van der Waals surface area contributed by atoms with Crippen LogP contribution in [-0.4, -0.2) is 50.6 Å². The van der Waals surface area contributed by atoms with Crippen molar-refractivity contribution in [1.29, 1.82) is 0 Å². The number of rotatable bonds is 5. The number of carbonyl (C=O) groups is 2. The van der Waals surface area contributed by atoms with Crippen LogP contribution in [0.5, 0.6) is 17.2 Å². The molecule has 1 saturated heterocycles. The maximum atomic E-state index is 13.3. The molecule has 7 nitrogen and oxygen atoms in total. The van der Waals surface area contributed by atoms with Gasteiger partial charge in [0.1, 0.15) is 5.75 Å². The monoisotopic (exact) mass is 430 g/mol. The molecule has 0 radical (unpaired) electrons. The van der Waals surface area contributed by atoms with Gasteiger partial charge in [-0.25, -0.2) is 4.90 Å². The Morgan fingerprint density at radius 3 is 2.27 bits per heavy atom. The summed E-state index contributed by atoms with van der Waals surface area (Å²) in [5, 5.41) is 0.433. The summed E-state index contributed by atoms with van der Waals surface area (Å²) in [4.78, 5) is 29.3. The van der Waals surface area contributed by atoms with Gasteiger partial charge in [0.05, 0.1) is 39.5 Å². The highest BCUT2D eigenvalue weighted by atomic mass is 35.5. The van der Waals surface area contributed by atoms with Crippen LogP contribution in [0.1, 0.15) is 17.5 Å². The Hall–Kier alpha value is -2.77. The van der Waals surface area contributed by atoms with Gasteiger partial charge in [0.25, 0.3) is 5.91 Å². The first-order valence-electron chi connectivity index (χ1n) is 9.65. The van der Waals surface area contributed by atoms with Crippen molar-refractivity contribution >= 4 is 29.1 Å². The average Bonchev–Trinajstić information content (AvgIpc) is 3.05. The number of benzene rings is 2. The second-order valence-electron chi connectivity index (χ2n) is 7.30. The molecule has 2 heterocycles. The molecule has 0 aromatic heterocycles. The first-order valence-corrected chi connectivity index (χ1v) is 10.0. The van der Waals surface area contributed by atoms with Gasteiger partial charge in [-0.05, 0) is 47.9 Å². The van der Waals surface area contributed by atoms with Crippen molar-refractivity contribution in [3.8, 4) is 17.2 Å². The van der Waals surface area contributed by atoms with Gasteiger partial charge in [0.15, 0.2) is 11.5 Å². The number of carbonyl (C=O) groups excluding carboxylic acids is 2. The van der Waals surface area contributed by atoms with Gasteiger partial charge in [-0.3, -0.25) is 14.5 Å². The van der Waals surface area contributed by atoms with Crippen LogP contribution in [0.15, 0.2) is 30.3 Å². The van der Waals surface area contributed by atoms with E-state index in [4.69, 9.17) is 25.8 Å². The minimum Gasteiger partial charge on any atom is -0.495 e. The number of hydrogen-bond acceptors (Lipinski definition) is 6. The Morgan fingerprint density at radius 1 is 0.933 bits per heavy atom. The van der Waals surface area contributed by atoms with E-state index in [2.05, 4.69) is 0 Å². The van der Waals surface area contributed by atoms with E-state index >= 15 is 0 Å². The van der Waals surface area contributed by atoms with Crippen LogP contribution < -0.4 is 19.1 Å². The molecule has 2 amide bonds. The van der Waals surface area contributed by atoms with Crippen molar-refractivity contribution in [3.63, 3.8) is 0 Å². The fourth-order valence-corrected chi connectivity index (χ4v) is 4.33. The summed E-state index contributed by atoms with van der Waals surface area (Å²) >= 11 is 6.10. The van der Waals surface area contributed by atoms with E-state index < -0.39 is 6.04 Å². The number of amides is 2. The van der Waals surface area contributed by atoms with Gasteiger partial charge in [-0.15, -0.1) is 0 Å². The van der Waals surface area contributed by atoms with Crippen LogP contribution in [0.4, 0.5) is 5.69 Å². The lowest BCUT2D eigenvalue weighted by Gasteiger charge is -2.32. The zero-order chi connectivity index (χ0) is 21.4. The van der Waals surface area contributed by atoms with E-state index in [-0.39, 0.29) is 18.2 Å². The maximum Gasteiger partial charge on any atom is 0.251 e. The Balaban J connectivity index is 1.60. The number of ether oxygens (including phenoxy) is 3. The number of imide groups is 1. The van der Waals surface area contributed by atoms with Gasteiger partial charge in [0.2, 0.25) is 5.91 Å². The van der Waals surface area contributed by atoms with Crippen LogP contribution in [0.2, 0.25) is 5.02 Å². The zero-order valence-electron chi connectivity index (χ0n) is 17.1. The highest BCUT2D eigenvalue weighted by Crippen LogP contribution is 2.38. The van der Waals surface area contributed by atoms with E-state index in [1.165, 1.54) is 12.0 Å². The van der Waals surface area contributed by atoms with Crippen LogP contribution in [0, 0.1) is 0 Å². The first kappa shape index (κ1) is 20.5. The van der Waals surface area contributed by atoms with Crippen LogP contribution in [-0.2, 0) is 22.6 Å². The van der Waals surface area contributed by atoms with E-state index in [9.17, 15) is 9.59 Å². The number of fused-ring (bicyclic) bond motifs is 1. The second kappa shape index (κ2) is 8.16. The Labute approximate surface area is 180 Å². The molecule has 158 valence electrons. The number of hydrogen-bond donors (Lipinski definition) is 0. The van der Waals surface area contributed by atoms with E-state index in [1.807, 2.05) is 17.0 Å². The summed E-state index contributed by atoms with van der Waals surface area (Å²) in [5.41, 5.74) is 2.61. The molecule has 2 aromatic rings. The third-order valence-corrected chi connectivity index (χ3v) is 5.93. The van der Waals surface area contributed by atoms with Crippen molar-refractivity contribution < 1.29 is 23.8 Å². The molecule has 2 aliphatic rings. The molecule has 8 heteroatoms. The molecule has 30 heavy (non-hydrogen) atoms. The van der Waals surface area contributed by atoms with E-state index in [1.54, 1.807) is 32.4 Å². The van der Waals surface area contributed by atoms with Gasteiger partial charge in [-0.1, -0.05) is 11.6 Å². The molecular formula is C22H23ClN2O5. The predicted molar refractivity (Wildman–Crippen MR) is 113 cm³/mol. The SMILES string of the molecule is COc1cc2c(cc1OC)CN(C1CC(=O)N(c3cc(Cl)ccc3OC)C1=O)CC2. The van der Waals surface area contributed by atoms with Crippen LogP contribution in [0.25, 0.3) is 0 Å². The molecule has 1 atom stereocenters. The van der Waals surface area contributed by atoms with Gasteiger partial charge in [-0.2, -0.15) is 0 Å². The van der Waals surface area contributed by atoms with E-state index in [0.717, 1.165) is 17.5 Å². The molecule has 0 aliphatic carbocycles. The van der Waals surface area contributed by atoms with Crippen molar-refractivity contribution in [2.45, 2.75) is 25.4 Å². The largest absolute Gasteiger partial charge is 0.495 e. The zero-order valence-corrected chi connectivity index (χ0v) is 17.9. The fraction of sp³-hybridized carbons (Fsp3) is 0.364. The summed E-state index contributed by atoms with van der Waals surface area (Å²) in [6.45, 7) is 1.23. The summed E-state index contributed by atoms with van der Waals surface area (Å²) in [6.07, 6.45) is 0.880. The quantitative estimate of drug-likeness (QED) is 0.679. The normalized spacial score (nSPS) is 19.1. The van der Waals surface area contributed by atoms with E-state index in [0.29, 0.717) is 41.0 Å². The lowest BCUT2D eigenvalue weighted by molar-refractivity contribution is -0.123. The molecule has 0 saturated carbocycles. The third kappa shape index (κ3) is 3.48. The molecular weight excluding hydrogens is 408 g/mol. The summed E-state index contributed by atoms with van der Waals surface area (Å²) < 4.78 is 16.1. The molecule has 0 N–H and O–H groups in total. The topological polar surface area (TPSA) is 68.3 Å². The lowest BCUT2D eigenvalue weighted by atomic mass is 9.97. The Morgan fingerprint density at radius 2 is 1.60 bits per heavy atom. The average molecular weight is 431 g/mol. The van der Waals surface area contributed by atoms with Gasteiger partial charge < -0.3 is 14.2 Å². The molecule has 0 spiro atoms. The molecule has 1 fully saturated rings. The maximum absolute atomic E-state index is 13.3. The third-order valence-electron chi connectivity index (χ3n) is 5.69. The van der Waals surface area contributed by atoms with Gasteiger partial charge in [0, 0.05) is 18.1 Å². The van der Waals surface area contributed by atoms with Crippen molar-refractivity contribution in [3.05, 3.63) is 46.5 Å². The minimum absolute atomic E-state index is 0.122. The molecule has 1 unspecified atom stereocenters. The second-order valence-corrected chi connectivity index (χ2v) is 7.74. The molecule has 2 aromatic carbocycles. The molecule has 0 bridgehead atoms.